The van der Waals surface area contributed by atoms with Crippen LogP contribution in [-0.4, -0.2) is 24.3 Å². The molecule has 0 spiro atoms. The van der Waals surface area contributed by atoms with Crippen molar-refractivity contribution in [3.63, 3.8) is 0 Å². The number of nitrogens with zero attached hydrogens (tertiary/aromatic N) is 2. The van der Waals surface area contributed by atoms with Gasteiger partial charge < -0.3 is 20.3 Å². The first-order valence-corrected chi connectivity index (χ1v) is 8.08. The predicted molar refractivity (Wildman–Crippen MR) is 107 cm³/mol. The third-order valence-corrected chi connectivity index (χ3v) is 3.46. The maximum atomic E-state index is 7.03. The van der Waals surface area contributed by atoms with Crippen LogP contribution in [0.4, 0.5) is 0 Å². The first-order chi connectivity index (χ1) is 13.5. The van der Waals surface area contributed by atoms with Gasteiger partial charge in [0.05, 0.1) is 12.4 Å². The Morgan fingerprint density at radius 3 is 1.46 bits per heavy atom. The zero-order valence-corrected chi connectivity index (χ0v) is 14.6. The molecule has 10 nitrogen and oxygen atoms in total. The van der Waals surface area contributed by atoms with Crippen molar-refractivity contribution in [1.29, 1.82) is 10.8 Å². The average molecular weight is 378 g/mol. The van der Waals surface area contributed by atoms with Crippen molar-refractivity contribution in [2.24, 2.45) is 21.7 Å². The molecule has 1 aromatic carbocycles. The minimum atomic E-state index is -0.249. The van der Waals surface area contributed by atoms with Gasteiger partial charge in [-0.15, -0.1) is 0 Å². The van der Waals surface area contributed by atoms with E-state index in [1.807, 2.05) is 36.4 Å². The predicted octanol–water partition coefficient (Wildman–Crippen LogP) is 1.84. The highest BCUT2D eigenvalue weighted by Gasteiger charge is 2.07. The molecule has 2 aromatic heterocycles. The molecule has 0 saturated carbocycles. The van der Waals surface area contributed by atoms with Crippen LogP contribution in [0.15, 0.2) is 67.6 Å². The van der Waals surface area contributed by atoms with E-state index in [2.05, 4.69) is 21.1 Å². The largest absolute Gasteiger partial charge is 0.455 e. The summed E-state index contributed by atoms with van der Waals surface area (Å²) in [5.74, 6) is 1.92. The molecule has 0 aliphatic carbocycles. The summed E-state index contributed by atoms with van der Waals surface area (Å²) in [5.41, 5.74) is 16.7. The molecule has 0 atom stereocenters. The molecule has 8 N–H and O–H groups in total. The number of benzene rings is 1. The quantitative estimate of drug-likeness (QED) is 0.217. The molecule has 0 bridgehead atoms. The van der Waals surface area contributed by atoms with Crippen LogP contribution >= 0.6 is 0 Å². The van der Waals surface area contributed by atoms with E-state index in [0.717, 1.165) is 11.1 Å². The van der Waals surface area contributed by atoms with E-state index >= 15 is 0 Å². The molecule has 0 aliphatic rings. The van der Waals surface area contributed by atoms with Crippen molar-refractivity contribution in [2.75, 3.05) is 0 Å². The monoisotopic (exact) mass is 378 g/mol. The number of furan rings is 2. The smallest absolute Gasteiger partial charge is 0.206 e. The second-order valence-electron chi connectivity index (χ2n) is 5.55. The highest BCUT2D eigenvalue weighted by atomic mass is 16.3. The molecule has 0 radical (unpaired) electrons. The van der Waals surface area contributed by atoms with E-state index < -0.39 is 0 Å². The summed E-state index contributed by atoms with van der Waals surface area (Å²) in [6.07, 6.45) is 2.87. The van der Waals surface area contributed by atoms with Crippen LogP contribution < -0.4 is 22.3 Å². The summed E-state index contributed by atoms with van der Waals surface area (Å²) in [7, 11) is 0. The lowest BCUT2D eigenvalue weighted by atomic mass is 10.1. The SMILES string of the molecule is N=C(N)N/N=C/c1ccc(-c2ccc(-c3ccc(/C=N/NC(=N)N)o3)cc2)o1. The minimum Gasteiger partial charge on any atom is -0.455 e. The fourth-order valence-electron chi connectivity index (χ4n) is 2.28. The lowest BCUT2D eigenvalue weighted by molar-refractivity contribution is 0.573. The number of hydrogen-bond acceptors (Lipinski definition) is 6. The third-order valence-electron chi connectivity index (χ3n) is 3.46. The van der Waals surface area contributed by atoms with Gasteiger partial charge in [-0.3, -0.25) is 10.8 Å². The minimum absolute atomic E-state index is 0.249. The van der Waals surface area contributed by atoms with Gasteiger partial charge in [0, 0.05) is 11.1 Å². The van der Waals surface area contributed by atoms with E-state index in [9.17, 15) is 0 Å². The lowest BCUT2D eigenvalue weighted by Gasteiger charge is -2.00. The van der Waals surface area contributed by atoms with Gasteiger partial charge in [-0.25, -0.2) is 10.9 Å². The van der Waals surface area contributed by atoms with Crippen molar-refractivity contribution in [3.05, 3.63) is 60.1 Å². The van der Waals surface area contributed by atoms with E-state index in [1.54, 1.807) is 12.1 Å². The zero-order chi connectivity index (χ0) is 19.9. The fourth-order valence-corrected chi connectivity index (χ4v) is 2.28. The van der Waals surface area contributed by atoms with Crippen LogP contribution in [0, 0.1) is 10.8 Å². The first kappa shape index (κ1) is 18.5. The van der Waals surface area contributed by atoms with Crippen LogP contribution in [0.2, 0.25) is 0 Å². The van der Waals surface area contributed by atoms with Gasteiger partial charge in [0.2, 0.25) is 11.9 Å². The molecule has 142 valence electrons. The molecule has 0 fully saturated rings. The van der Waals surface area contributed by atoms with E-state index in [1.165, 1.54) is 12.4 Å². The second-order valence-corrected chi connectivity index (χ2v) is 5.55. The Morgan fingerprint density at radius 2 is 1.11 bits per heavy atom. The molecule has 0 amide bonds. The van der Waals surface area contributed by atoms with Gasteiger partial charge in [0.25, 0.3) is 0 Å². The number of rotatable bonds is 6. The Morgan fingerprint density at radius 1 is 0.714 bits per heavy atom. The number of hydrogen-bond donors (Lipinski definition) is 6. The van der Waals surface area contributed by atoms with Crippen molar-refractivity contribution in [1.82, 2.24) is 10.9 Å². The van der Waals surface area contributed by atoms with Crippen molar-refractivity contribution in [2.45, 2.75) is 0 Å². The number of guanidine groups is 2. The summed E-state index contributed by atoms with van der Waals surface area (Å²) in [5, 5.41) is 21.6. The van der Waals surface area contributed by atoms with E-state index in [-0.39, 0.29) is 11.9 Å². The molecule has 0 aliphatic heterocycles. The summed E-state index contributed by atoms with van der Waals surface area (Å²) in [4.78, 5) is 0. The van der Waals surface area contributed by atoms with Crippen molar-refractivity contribution < 1.29 is 8.83 Å². The van der Waals surface area contributed by atoms with Gasteiger partial charge in [-0.05, 0) is 24.3 Å². The molecule has 10 heteroatoms. The summed E-state index contributed by atoms with van der Waals surface area (Å²) in [6.45, 7) is 0. The van der Waals surface area contributed by atoms with Crippen LogP contribution in [-0.2, 0) is 0 Å². The van der Waals surface area contributed by atoms with E-state index in [0.29, 0.717) is 23.0 Å². The number of nitrogens with two attached hydrogens (primary N) is 2. The topological polar surface area (TPSA) is 175 Å². The highest BCUT2D eigenvalue weighted by molar-refractivity contribution is 5.81. The van der Waals surface area contributed by atoms with Gasteiger partial charge >= 0.3 is 0 Å². The molecule has 3 aromatic rings. The van der Waals surface area contributed by atoms with Crippen LogP contribution in [0.1, 0.15) is 11.5 Å². The highest BCUT2D eigenvalue weighted by Crippen LogP contribution is 2.27. The molecular weight excluding hydrogens is 360 g/mol. The van der Waals surface area contributed by atoms with Crippen molar-refractivity contribution >= 4 is 24.3 Å². The van der Waals surface area contributed by atoms with Gasteiger partial charge in [-0.2, -0.15) is 10.2 Å². The average Bonchev–Trinajstić information content (AvgIpc) is 3.31. The Kier molecular flexibility index (Phi) is 5.51. The Bertz CT molecular complexity index is 947. The number of hydrazone groups is 2. The zero-order valence-electron chi connectivity index (χ0n) is 14.6. The van der Waals surface area contributed by atoms with Crippen molar-refractivity contribution in [3.8, 4) is 22.6 Å². The Labute approximate surface area is 159 Å². The van der Waals surface area contributed by atoms with E-state index in [4.69, 9.17) is 31.1 Å². The van der Waals surface area contributed by atoms with Crippen LogP contribution in [0.3, 0.4) is 0 Å². The summed E-state index contributed by atoms with van der Waals surface area (Å²) in [6, 6.07) is 14.8. The molecule has 2 heterocycles. The maximum Gasteiger partial charge on any atom is 0.206 e. The summed E-state index contributed by atoms with van der Waals surface area (Å²) >= 11 is 0. The third kappa shape index (κ3) is 4.85. The summed E-state index contributed by atoms with van der Waals surface area (Å²) < 4.78 is 11.4. The Hall–Kier alpha value is -4.34. The van der Waals surface area contributed by atoms with Gasteiger partial charge in [0.15, 0.2) is 0 Å². The maximum absolute atomic E-state index is 7.03. The molecule has 28 heavy (non-hydrogen) atoms. The lowest BCUT2D eigenvalue weighted by Crippen LogP contribution is -2.25. The normalized spacial score (nSPS) is 11.1. The fraction of sp³-hybridized carbons (Fsp3) is 0. The molecule has 0 saturated heterocycles. The standard InChI is InChI=1S/C18H18N8O2/c19-17(20)25-23-9-13-5-7-15(27-13)11-1-2-12(4-3-11)16-8-6-14(28-16)10-24-26-18(21)22/h1-10H,(H4,19,20,25)(H4,21,22,26)/b23-9+,24-10+. The number of nitrogens with one attached hydrogen (secondary N) is 4. The first-order valence-electron chi connectivity index (χ1n) is 8.08. The van der Waals surface area contributed by atoms with Crippen LogP contribution in [0.5, 0.6) is 0 Å². The van der Waals surface area contributed by atoms with Gasteiger partial charge in [0.1, 0.15) is 23.0 Å². The van der Waals surface area contributed by atoms with Crippen LogP contribution in [0.25, 0.3) is 22.6 Å². The second kappa shape index (κ2) is 8.36. The molecule has 3 rings (SSSR count). The molecule has 0 unspecified atom stereocenters. The molecular formula is C18H18N8O2. The van der Waals surface area contributed by atoms with Gasteiger partial charge in [-0.1, -0.05) is 24.3 Å². The Balaban J connectivity index is 1.69.